The van der Waals surface area contributed by atoms with E-state index in [4.69, 9.17) is 5.73 Å². The average molecular weight is 484 g/mol. The summed E-state index contributed by atoms with van der Waals surface area (Å²) in [4.78, 5) is 29.0. The molecule has 5 N–H and O–H groups in total. The summed E-state index contributed by atoms with van der Waals surface area (Å²) in [5.41, 5.74) is 6.48. The number of hydrogen-bond donors (Lipinski definition) is 4. The van der Waals surface area contributed by atoms with Gasteiger partial charge in [-0.15, -0.1) is 0 Å². The average Bonchev–Trinajstić information content (AvgIpc) is 3.24. The minimum absolute atomic E-state index is 0.0103. The Hall–Kier alpha value is -3.76. The molecule has 2 heterocycles. The van der Waals surface area contributed by atoms with Gasteiger partial charge in [0.15, 0.2) is 0 Å². The van der Waals surface area contributed by atoms with Crippen molar-refractivity contribution in [2.45, 2.75) is 31.0 Å². The lowest BCUT2D eigenvalue weighted by Crippen LogP contribution is -2.43. The van der Waals surface area contributed by atoms with E-state index in [1.54, 1.807) is 12.1 Å². The number of aliphatic hydroxyl groups is 1. The number of carbonyl (C=O) groups is 2. The van der Waals surface area contributed by atoms with Gasteiger partial charge in [0.2, 0.25) is 5.91 Å². The van der Waals surface area contributed by atoms with Crippen LogP contribution in [0.3, 0.4) is 0 Å². The van der Waals surface area contributed by atoms with Crippen molar-refractivity contribution in [1.82, 2.24) is 15.6 Å². The molecule has 0 saturated carbocycles. The highest BCUT2D eigenvalue weighted by Crippen LogP contribution is 2.30. The van der Waals surface area contributed by atoms with Crippen molar-refractivity contribution in [3.8, 4) is 11.1 Å². The molecule has 0 spiro atoms. The van der Waals surface area contributed by atoms with Crippen LogP contribution >= 0.6 is 0 Å². The molecule has 0 unspecified atom stereocenters. The molecule has 4 rings (SSSR count). The lowest BCUT2D eigenvalue weighted by atomic mass is 9.94. The van der Waals surface area contributed by atoms with Crippen molar-refractivity contribution in [1.29, 1.82) is 0 Å². The van der Waals surface area contributed by atoms with Gasteiger partial charge in [0.05, 0.1) is 29.4 Å². The number of nitrogens with two attached hydrogens (primary N) is 1. The van der Waals surface area contributed by atoms with E-state index in [-0.39, 0.29) is 30.5 Å². The predicted octanol–water partition coefficient (Wildman–Crippen LogP) is 2.39. The highest BCUT2D eigenvalue weighted by molar-refractivity contribution is 5.94. The molecule has 2 amide bonds. The lowest BCUT2D eigenvalue weighted by molar-refractivity contribution is -0.123. The molecule has 2 aromatic carbocycles. The molecule has 0 radical (unpaired) electrons. The van der Waals surface area contributed by atoms with Gasteiger partial charge < -0.3 is 21.5 Å². The molecule has 1 aliphatic heterocycles. The fraction of sp³-hybridized carbons (Fsp3) is 0.240. The van der Waals surface area contributed by atoms with Crippen LogP contribution in [0.15, 0.2) is 54.7 Å². The molecule has 7 nitrogen and oxygen atoms in total. The van der Waals surface area contributed by atoms with Crippen LogP contribution in [0.4, 0.5) is 13.2 Å². The Morgan fingerprint density at radius 3 is 2.54 bits per heavy atom. The van der Waals surface area contributed by atoms with Crippen molar-refractivity contribution in [2.24, 2.45) is 5.73 Å². The number of rotatable bonds is 7. The first kappa shape index (κ1) is 24.4. The first-order valence-electron chi connectivity index (χ1n) is 10.9. The number of primary amides is 1. The zero-order valence-electron chi connectivity index (χ0n) is 18.5. The molecule has 35 heavy (non-hydrogen) atoms. The van der Waals surface area contributed by atoms with Crippen molar-refractivity contribution in [3.63, 3.8) is 0 Å². The summed E-state index contributed by atoms with van der Waals surface area (Å²) in [6.45, 7) is 0.262. The van der Waals surface area contributed by atoms with Crippen LogP contribution in [0.1, 0.15) is 34.1 Å². The van der Waals surface area contributed by atoms with E-state index in [2.05, 4.69) is 15.6 Å². The Bertz CT molecular complexity index is 1250. The fourth-order valence-electron chi connectivity index (χ4n) is 4.19. The summed E-state index contributed by atoms with van der Waals surface area (Å²) in [6, 6.07) is 8.69. The monoisotopic (exact) mass is 484 g/mol. The fourth-order valence-corrected chi connectivity index (χ4v) is 4.19. The standard InChI is InChI=1S/C25H23F3N4O3/c26-15-6-13(7-16(27)10-15)8-21(32-25(35)22-11-17(33)12-31-22)23-18(2-1-5-30-23)14-3-4-20(28)19(9-14)24(29)34/h1-7,9-10,17,21-22,31,33H,8,11-12H2,(H2,29,34)(H,32,35)/t17-,21+,22+/m1/s1. The van der Waals surface area contributed by atoms with Crippen LogP contribution in [0.5, 0.6) is 0 Å². The number of amides is 2. The van der Waals surface area contributed by atoms with Gasteiger partial charge >= 0.3 is 0 Å². The maximum Gasteiger partial charge on any atom is 0.251 e. The summed E-state index contributed by atoms with van der Waals surface area (Å²) >= 11 is 0. The minimum Gasteiger partial charge on any atom is -0.392 e. The number of hydrogen-bond acceptors (Lipinski definition) is 5. The summed E-state index contributed by atoms with van der Waals surface area (Å²) in [5.74, 6) is -3.68. The number of benzene rings is 2. The first-order chi connectivity index (χ1) is 16.7. The van der Waals surface area contributed by atoms with Crippen LogP contribution < -0.4 is 16.4 Å². The Balaban J connectivity index is 1.75. The molecule has 10 heteroatoms. The number of carbonyl (C=O) groups excluding carboxylic acids is 2. The molecule has 0 aliphatic carbocycles. The molecule has 3 atom stereocenters. The number of β-amino-alcohol motifs (C(OH)–C–C–N with tert-alkyl or cyclic N) is 1. The van der Waals surface area contributed by atoms with Gasteiger partial charge in [-0.05, 0) is 54.3 Å². The largest absolute Gasteiger partial charge is 0.392 e. The van der Waals surface area contributed by atoms with Gasteiger partial charge in [0.25, 0.3) is 5.91 Å². The predicted molar refractivity (Wildman–Crippen MR) is 122 cm³/mol. The number of pyridine rings is 1. The Morgan fingerprint density at radius 1 is 1.14 bits per heavy atom. The lowest BCUT2D eigenvalue weighted by Gasteiger charge is -2.23. The normalized spacial score (nSPS) is 18.3. The molecule has 182 valence electrons. The highest BCUT2D eigenvalue weighted by atomic mass is 19.1. The van der Waals surface area contributed by atoms with Crippen LogP contribution in [-0.4, -0.2) is 40.6 Å². The molecule has 1 aromatic heterocycles. The second-order valence-electron chi connectivity index (χ2n) is 8.39. The van der Waals surface area contributed by atoms with E-state index >= 15 is 0 Å². The topological polar surface area (TPSA) is 117 Å². The third-order valence-electron chi connectivity index (χ3n) is 5.81. The number of aliphatic hydroxyl groups excluding tert-OH is 1. The van der Waals surface area contributed by atoms with Gasteiger partial charge in [-0.2, -0.15) is 0 Å². The van der Waals surface area contributed by atoms with Crippen LogP contribution in [0.2, 0.25) is 0 Å². The minimum atomic E-state index is -0.944. The van der Waals surface area contributed by atoms with E-state index in [1.807, 2.05) is 0 Å². The van der Waals surface area contributed by atoms with E-state index in [1.165, 1.54) is 18.3 Å². The molecule has 3 aromatic rings. The van der Waals surface area contributed by atoms with E-state index < -0.39 is 47.5 Å². The number of aromatic nitrogens is 1. The highest BCUT2D eigenvalue weighted by Gasteiger charge is 2.31. The zero-order chi connectivity index (χ0) is 25.1. The van der Waals surface area contributed by atoms with E-state index in [9.17, 15) is 27.9 Å². The zero-order valence-corrected chi connectivity index (χ0v) is 18.5. The Kier molecular flexibility index (Phi) is 7.13. The second kappa shape index (κ2) is 10.2. The maximum atomic E-state index is 14.1. The van der Waals surface area contributed by atoms with Gasteiger partial charge in [-0.1, -0.05) is 12.1 Å². The third kappa shape index (κ3) is 5.67. The quantitative estimate of drug-likeness (QED) is 0.411. The third-order valence-corrected chi connectivity index (χ3v) is 5.81. The van der Waals surface area contributed by atoms with Crippen LogP contribution in [-0.2, 0) is 11.2 Å². The van der Waals surface area contributed by atoms with Crippen LogP contribution in [0, 0.1) is 17.5 Å². The van der Waals surface area contributed by atoms with Crippen molar-refractivity contribution < 1.29 is 27.9 Å². The van der Waals surface area contributed by atoms with Crippen LogP contribution in [0.25, 0.3) is 11.1 Å². The number of halogens is 3. The number of nitrogens with zero attached hydrogens (tertiary/aromatic N) is 1. The number of nitrogens with one attached hydrogen (secondary N) is 2. The molecule has 1 fully saturated rings. The van der Waals surface area contributed by atoms with Gasteiger partial charge in [0.1, 0.15) is 17.5 Å². The summed E-state index contributed by atoms with van der Waals surface area (Å²) in [5, 5.41) is 15.6. The first-order valence-corrected chi connectivity index (χ1v) is 10.9. The second-order valence-corrected chi connectivity index (χ2v) is 8.39. The summed E-state index contributed by atoms with van der Waals surface area (Å²) in [7, 11) is 0. The van der Waals surface area contributed by atoms with E-state index in [0.29, 0.717) is 16.8 Å². The van der Waals surface area contributed by atoms with Gasteiger partial charge in [-0.25, -0.2) is 13.2 Å². The molecule has 1 saturated heterocycles. The molecule has 0 bridgehead atoms. The Labute approximate surface area is 199 Å². The van der Waals surface area contributed by atoms with E-state index in [0.717, 1.165) is 24.3 Å². The smallest absolute Gasteiger partial charge is 0.251 e. The SMILES string of the molecule is NC(=O)c1cc(-c2cccnc2[C@H](Cc2cc(F)cc(F)c2)NC(=O)[C@@H]2C[C@@H](O)CN2)ccc1F. The Morgan fingerprint density at radius 2 is 1.89 bits per heavy atom. The molecule has 1 aliphatic rings. The van der Waals surface area contributed by atoms with Gasteiger partial charge in [-0.3, -0.25) is 14.6 Å². The van der Waals surface area contributed by atoms with Crippen molar-refractivity contribution in [2.75, 3.05) is 6.54 Å². The summed E-state index contributed by atoms with van der Waals surface area (Å²) in [6.07, 6.45) is 1.02. The molecular weight excluding hydrogens is 461 g/mol. The van der Waals surface area contributed by atoms with Crippen molar-refractivity contribution in [3.05, 3.63) is 89.0 Å². The van der Waals surface area contributed by atoms with Crippen molar-refractivity contribution >= 4 is 11.8 Å². The maximum absolute atomic E-state index is 14.1. The van der Waals surface area contributed by atoms with Gasteiger partial charge in [0, 0.05) is 24.4 Å². The molecular formula is C25H23F3N4O3. The summed E-state index contributed by atoms with van der Waals surface area (Å²) < 4.78 is 41.8.